The predicted molar refractivity (Wildman–Crippen MR) is 88.4 cm³/mol. The maximum atomic E-state index is 14.6. The molecular formula is C17H13F2N3O4. The second kappa shape index (κ2) is 6.45. The summed E-state index contributed by atoms with van der Waals surface area (Å²) in [7, 11) is 1.27. The van der Waals surface area contributed by atoms with Crippen LogP contribution >= 0.6 is 0 Å². The molecule has 1 aromatic heterocycles. The molecule has 7 nitrogen and oxygen atoms in total. The molecule has 2 amide bonds. The van der Waals surface area contributed by atoms with Gasteiger partial charge in [0.1, 0.15) is 11.6 Å². The van der Waals surface area contributed by atoms with E-state index in [2.05, 4.69) is 4.89 Å². The average Bonchev–Trinajstić information content (AvgIpc) is 2.97. The largest absolute Gasteiger partial charge is 0.366 e. The lowest BCUT2D eigenvalue weighted by Crippen LogP contribution is -2.18. The van der Waals surface area contributed by atoms with Gasteiger partial charge in [-0.1, -0.05) is 6.07 Å². The SMILES string of the molecule is COOc1cccc2c1c(-c1cc(F)c(C(N)=O)cc1F)cn2C(N)=O. The molecule has 0 unspecified atom stereocenters. The van der Waals surface area contributed by atoms with Crippen LogP contribution in [0.15, 0.2) is 36.5 Å². The Balaban J connectivity index is 2.37. The van der Waals surface area contributed by atoms with Crippen LogP contribution < -0.4 is 16.4 Å². The predicted octanol–water partition coefficient (Wildman–Crippen LogP) is 2.55. The van der Waals surface area contributed by atoms with E-state index in [9.17, 15) is 18.4 Å². The molecule has 0 atom stereocenters. The molecule has 4 N–H and O–H groups in total. The highest BCUT2D eigenvalue weighted by Crippen LogP contribution is 2.38. The second-order valence-corrected chi connectivity index (χ2v) is 5.33. The molecule has 1 heterocycles. The van der Waals surface area contributed by atoms with Crippen molar-refractivity contribution in [1.29, 1.82) is 0 Å². The van der Waals surface area contributed by atoms with Crippen LogP contribution in [0.2, 0.25) is 0 Å². The van der Waals surface area contributed by atoms with Gasteiger partial charge in [0.15, 0.2) is 5.75 Å². The minimum atomic E-state index is -1.10. The summed E-state index contributed by atoms with van der Waals surface area (Å²) in [6.45, 7) is 0. The molecule has 0 aliphatic heterocycles. The smallest absolute Gasteiger partial charge is 0.323 e. The summed E-state index contributed by atoms with van der Waals surface area (Å²) >= 11 is 0. The Bertz CT molecular complexity index is 1050. The molecule has 134 valence electrons. The van der Waals surface area contributed by atoms with Gasteiger partial charge in [0, 0.05) is 17.3 Å². The van der Waals surface area contributed by atoms with Gasteiger partial charge in [0.05, 0.1) is 23.6 Å². The number of primary amides is 2. The molecule has 9 heteroatoms. The van der Waals surface area contributed by atoms with Crippen molar-refractivity contribution < 1.29 is 28.1 Å². The molecule has 0 saturated carbocycles. The number of nitrogens with two attached hydrogens (primary N) is 2. The first kappa shape index (κ1) is 17.4. The highest BCUT2D eigenvalue weighted by atomic mass is 19.1. The zero-order chi connectivity index (χ0) is 19.0. The molecular weight excluding hydrogens is 348 g/mol. The molecule has 0 radical (unpaired) electrons. The minimum absolute atomic E-state index is 0.124. The topological polar surface area (TPSA) is 110 Å². The number of carbonyl (C=O) groups excluding carboxylic acids is 2. The van der Waals surface area contributed by atoms with Crippen molar-refractivity contribution in [1.82, 2.24) is 4.57 Å². The number of halogens is 2. The summed E-state index contributed by atoms with van der Waals surface area (Å²) in [5.74, 6) is -2.84. The monoisotopic (exact) mass is 361 g/mol. The van der Waals surface area contributed by atoms with E-state index in [4.69, 9.17) is 16.4 Å². The van der Waals surface area contributed by atoms with Gasteiger partial charge in [0.25, 0.3) is 5.91 Å². The second-order valence-electron chi connectivity index (χ2n) is 5.33. The summed E-state index contributed by atoms with van der Waals surface area (Å²) in [6, 6.07) is 5.34. The van der Waals surface area contributed by atoms with Crippen LogP contribution in [0.5, 0.6) is 5.75 Å². The molecule has 2 aromatic carbocycles. The van der Waals surface area contributed by atoms with Gasteiger partial charge >= 0.3 is 6.03 Å². The highest BCUT2D eigenvalue weighted by Gasteiger charge is 2.22. The lowest BCUT2D eigenvalue weighted by molar-refractivity contribution is -0.176. The summed E-state index contributed by atoms with van der Waals surface area (Å²) in [5, 5.41) is 0.276. The first-order chi connectivity index (χ1) is 12.3. The van der Waals surface area contributed by atoms with E-state index < -0.39 is 29.1 Å². The molecule has 0 aliphatic rings. The fourth-order valence-electron chi connectivity index (χ4n) is 2.74. The Hall–Kier alpha value is -3.46. The number of hydrogen-bond acceptors (Lipinski definition) is 4. The van der Waals surface area contributed by atoms with Gasteiger partial charge in [-0.15, -0.1) is 0 Å². The standard InChI is InChI=1S/C17H13F2N3O4/c1-25-26-14-4-2-3-13-15(14)10(7-22(13)17(21)24)8-5-12(19)9(16(20)23)6-11(8)18/h2-7H,1H3,(H2,20,23)(H2,21,24). The summed E-state index contributed by atoms with van der Waals surface area (Å²) in [4.78, 5) is 32.6. The van der Waals surface area contributed by atoms with Crippen molar-refractivity contribution in [3.05, 3.63) is 53.7 Å². The van der Waals surface area contributed by atoms with E-state index in [1.807, 2.05) is 0 Å². The number of rotatable bonds is 4. The van der Waals surface area contributed by atoms with Crippen molar-refractivity contribution >= 4 is 22.8 Å². The van der Waals surface area contributed by atoms with Crippen LogP contribution in [0, 0.1) is 11.6 Å². The van der Waals surface area contributed by atoms with Crippen molar-refractivity contribution in [3.63, 3.8) is 0 Å². The molecule has 0 bridgehead atoms. The van der Waals surface area contributed by atoms with Crippen molar-refractivity contribution in [3.8, 4) is 16.9 Å². The molecule has 3 aromatic rings. The zero-order valence-corrected chi connectivity index (χ0v) is 13.5. The third-order valence-corrected chi connectivity index (χ3v) is 3.81. The number of fused-ring (bicyclic) bond motifs is 1. The van der Waals surface area contributed by atoms with E-state index in [-0.39, 0.29) is 22.3 Å². The van der Waals surface area contributed by atoms with Gasteiger partial charge in [-0.3, -0.25) is 9.36 Å². The highest BCUT2D eigenvalue weighted by molar-refractivity contribution is 6.05. The lowest BCUT2D eigenvalue weighted by Gasteiger charge is -2.08. The van der Waals surface area contributed by atoms with Crippen LogP contribution in [-0.2, 0) is 4.89 Å². The third-order valence-electron chi connectivity index (χ3n) is 3.81. The Morgan fingerprint density at radius 3 is 2.42 bits per heavy atom. The van der Waals surface area contributed by atoms with E-state index in [0.29, 0.717) is 11.6 Å². The van der Waals surface area contributed by atoms with Gasteiger partial charge < -0.3 is 16.4 Å². The van der Waals surface area contributed by atoms with E-state index in [1.54, 1.807) is 12.1 Å². The zero-order valence-electron chi connectivity index (χ0n) is 13.5. The Labute approximate surface area is 145 Å². The van der Waals surface area contributed by atoms with Crippen molar-refractivity contribution in [2.24, 2.45) is 11.5 Å². The van der Waals surface area contributed by atoms with Gasteiger partial charge in [-0.05, 0) is 24.3 Å². The Morgan fingerprint density at radius 2 is 1.81 bits per heavy atom. The Kier molecular flexibility index (Phi) is 4.31. The first-order valence-electron chi connectivity index (χ1n) is 7.29. The summed E-state index contributed by atoms with van der Waals surface area (Å²) in [6.07, 6.45) is 1.25. The fourth-order valence-corrected chi connectivity index (χ4v) is 2.74. The quantitative estimate of drug-likeness (QED) is 0.550. The molecule has 0 saturated heterocycles. The lowest BCUT2D eigenvalue weighted by atomic mass is 10.0. The van der Waals surface area contributed by atoms with Crippen molar-refractivity contribution in [2.45, 2.75) is 0 Å². The van der Waals surface area contributed by atoms with Gasteiger partial charge in [-0.2, -0.15) is 4.89 Å². The third kappa shape index (κ3) is 2.74. The normalized spacial score (nSPS) is 10.9. The summed E-state index contributed by atoms with van der Waals surface area (Å²) in [5.41, 5.74) is 10.0. The van der Waals surface area contributed by atoms with E-state index >= 15 is 0 Å². The maximum absolute atomic E-state index is 14.6. The van der Waals surface area contributed by atoms with E-state index in [0.717, 1.165) is 10.6 Å². The number of carbonyl (C=O) groups is 2. The molecule has 0 spiro atoms. The van der Waals surface area contributed by atoms with Crippen LogP contribution in [-0.4, -0.2) is 23.6 Å². The van der Waals surface area contributed by atoms with Crippen LogP contribution in [0.3, 0.4) is 0 Å². The van der Waals surface area contributed by atoms with Crippen LogP contribution in [0.25, 0.3) is 22.0 Å². The number of amides is 2. The maximum Gasteiger partial charge on any atom is 0.323 e. The van der Waals surface area contributed by atoms with E-state index in [1.165, 1.54) is 19.4 Å². The van der Waals surface area contributed by atoms with Crippen molar-refractivity contribution in [2.75, 3.05) is 7.11 Å². The Morgan fingerprint density at radius 1 is 1.08 bits per heavy atom. The number of hydrogen-bond donors (Lipinski definition) is 2. The molecule has 26 heavy (non-hydrogen) atoms. The van der Waals surface area contributed by atoms with Crippen LogP contribution in [0.1, 0.15) is 10.4 Å². The molecule has 0 fully saturated rings. The molecule has 0 aliphatic carbocycles. The minimum Gasteiger partial charge on any atom is -0.366 e. The number of benzene rings is 2. The van der Waals surface area contributed by atoms with Gasteiger partial charge in [0.2, 0.25) is 0 Å². The average molecular weight is 361 g/mol. The summed E-state index contributed by atoms with van der Waals surface area (Å²) < 4.78 is 29.8. The van der Waals surface area contributed by atoms with Gasteiger partial charge in [-0.25, -0.2) is 13.6 Å². The number of aromatic nitrogens is 1. The first-order valence-corrected chi connectivity index (χ1v) is 7.29. The fraction of sp³-hybridized carbons (Fsp3) is 0.0588. The molecule has 3 rings (SSSR count). The van der Waals surface area contributed by atoms with Crippen LogP contribution in [0.4, 0.5) is 13.6 Å². The number of nitrogens with zero attached hydrogens (tertiary/aromatic N) is 1.